The average Bonchev–Trinajstić information content (AvgIpc) is 2.78. The molecule has 1 aromatic carbocycles. The van der Waals surface area contributed by atoms with Crippen molar-refractivity contribution in [2.45, 2.75) is 71.8 Å². The van der Waals surface area contributed by atoms with E-state index in [0.717, 1.165) is 0 Å². The molecule has 0 saturated carbocycles. The van der Waals surface area contributed by atoms with Gasteiger partial charge in [0.25, 0.3) is 0 Å². The van der Waals surface area contributed by atoms with Crippen molar-refractivity contribution in [1.29, 1.82) is 0 Å². The average molecular weight is 337 g/mol. The zero-order valence-electron chi connectivity index (χ0n) is 13.0. The molecule has 0 atom stereocenters. The van der Waals surface area contributed by atoms with Crippen LogP contribution < -0.4 is 4.57 Å². The summed E-state index contributed by atoms with van der Waals surface area (Å²) >= 11 is 0.566. The second-order valence-corrected chi connectivity index (χ2v) is 8.31. The molecule has 0 amide bonds. The van der Waals surface area contributed by atoms with Crippen molar-refractivity contribution in [2.24, 2.45) is 0 Å². The van der Waals surface area contributed by atoms with Crippen LogP contribution in [0.1, 0.15) is 62.9 Å². The normalized spacial score (nSPS) is 11.3. The van der Waals surface area contributed by atoms with Crippen LogP contribution in [0.5, 0.6) is 0 Å². The first-order chi connectivity index (χ1) is 9.83. The molecule has 2 rings (SSSR count). The van der Waals surface area contributed by atoms with Crippen molar-refractivity contribution in [2.75, 3.05) is 0 Å². The monoisotopic (exact) mass is 338 g/mol. The van der Waals surface area contributed by atoms with Gasteiger partial charge in [-0.1, -0.05) is 0 Å². The number of fused-ring (bicyclic) bond motifs is 1. The van der Waals surface area contributed by atoms with Crippen LogP contribution in [0.25, 0.3) is 9.78 Å². The number of benzene rings is 1. The van der Waals surface area contributed by atoms with Crippen molar-refractivity contribution >= 4 is 24.3 Å². The van der Waals surface area contributed by atoms with Crippen LogP contribution >= 0.6 is 0 Å². The summed E-state index contributed by atoms with van der Waals surface area (Å²) in [5.74, 6) is 0. The van der Waals surface area contributed by atoms with Crippen LogP contribution in [0.2, 0.25) is 0 Å². The fourth-order valence-corrected chi connectivity index (χ4v) is 5.03. The van der Waals surface area contributed by atoms with Gasteiger partial charge in [-0.05, 0) is 0 Å². The predicted octanol–water partition coefficient (Wildman–Crippen LogP) is 4.63. The van der Waals surface area contributed by atoms with Crippen LogP contribution in [-0.4, -0.2) is 14.5 Å². The molecule has 0 aliphatic rings. The van der Waals surface area contributed by atoms with E-state index in [1.807, 2.05) is 0 Å². The molecular formula is C18H28NSe+. The van der Waals surface area contributed by atoms with E-state index in [-0.39, 0.29) is 0 Å². The zero-order valence-corrected chi connectivity index (χ0v) is 14.7. The van der Waals surface area contributed by atoms with Crippen LogP contribution in [0.3, 0.4) is 0 Å². The van der Waals surface area contributed by atoms with Crippen LogP contribution in [0, 0.1) is 6.92 Å². The molecule has 0 N–H and O–H groups in total. The summed E-state index contributed by atoms with van der Waals surface area (Å²) in [5, 5.41) is 0. The number of unbranched alkanes of at least 4 members (excludes halogenated alkanes) is 7. The van der Waals surface area contributed by atoms with E-state index in [4.69, 9.17) is 0 Å². The molecule has 0 saturated heterocycles. The van der Waals surface area contributed by atoms with E-state index < -0.39 is 0 Å². The van der Waals surface area contributed by atoms with E-state index in [0.29, 0.717) is 14.5 Å². The Morgan fingerprint density at radius 1 is 0.900 bits per heavy atom. The molecular weight excluding hydrogens is 309 g/mol. The number of aryl methyl sites for hydroxylation is 2. The van der Waals surface area contributed by atoms with Gasteiger partial charge >= 0.3 is 129 Å². The number of hydrogen-bond donors (Lipinski definition) is 0. The maximum atomic E-state index is 2.56. The number of nitrogens with zero attached hydrogens (tertiary/aromatic N) is 1. The third-order valence-corrected chi connectivity index (χ3v) is 6.30. The van der Waals surface area contributed by atoms with Crippen molar-refractivity contribution in [3.63, 3.8) is 0 Å². The van der Waals surface area contributed by atoms with Crippen molar-refractivity contribution in [3.05, 3.63) is 28.8 Å². The summed E-state index contributed by atoms with van der Waals surface area (Å²) in [5.41, 5.74) is 1.48. The van der Waals surface area contributed by atoms with Gasteiger partial charge in [0.15, 0.2) is 0 Å². The van der Waals surface area contributed by atoms with Gasteiger partial charge in [0.2, 0.25) is 0 Å². The molecule has 0 spiro atoms. The predicted molar refractivity (Wildman–Crippen MR) is 88.4 cm³/mol. The van der Waals surface area contributed by atoms with E-state index in [2.05, 4.69) is 42.7 Å². The Morgan fingerprint density at radius 3 is 2.30 bits per heavy atom. The fourth-order valence-electron chi connectivity index (χ4n) is 2.83. The fraction of sp³-hybridized carbons (Fsp3) is 0.611. The number of para-hydroxylation sites is 1. The summed E-state index contributed by atoms with van der Waals surface area (Å²) in [6, 6.07) is 8.94. The Bertz CT molecular complexity index is 515. The standard InChI is InChI=1S/C18H28NSe/c1-3-4-5-6-7-8-9-12-15-19-16(2)20-18-14-11-10-13-17(18)19/h10-11,13-14H,3-9,12,15H2,1-2H3/q+1. The molecule has 0 aliphatic heterocycles. The molecule has 2 aromatic rings. The van der Waals surface area contributed by atoms with Crippen LogP contribution in [-0.2, 0) is 6.54 Å². The minimum absolute atomic E-state index is 0.566. The molecule has 0 unspecified atom stereocenters. The van der Waals surface area contributed by atoms with Gasteiger partial charge in [-0.3, -0.25) is 0 Å². The van der Waals surface area contributed by atoms with Crippen molar-refractivity contribution in [3.8, 4) is 0 Å². The van der Waals surface area contributed by atoms with Gasteiger partial charge in [-0.15, -0.1) is 0 Å². The molecule has 2 heteroatoms. The molecule has 0 bridgehead atoms. The number of hydrogen-bond acceptors (Lipinski definition) is 0. The second-order valence-electron chi connectivity index (χ2n) is 5.72. The molecule has 20 heavy (non-hydrogen) atoms. The topological polar surface area (TPSA) is 3.88 Å². The Balaban J connectivity index is 1.72. The van der Waals surface area contributed by atoms with E-state index in [1.165, 1.54) is 63.4 Å². The first-order valence-electron chi connectivity index (χ1n) is 8.21. The van der Waals surface area contributed by atoms with Crippen molar-refractivity contribution in [1.82, 2.24) is 0 Å². The zero-order chi connectivity index (χ0) is 14.2. The quantitative estimate of drug-likeness (QED) is 0.357. The van der Waals surface area contributed by atoms with Gasteiger partial charge in [-0.25, -0.2) is 0 Å². The maximum absolute atomic E-state index is 2.56. The SMILES string of the molecule is CCCCCCCCCC[n+]1c(C)[se]c2ccccc21. The Morgan fingerprint density at radius 2 is 1.55 bits per heavy atom. The molecule has 0 fully saturated rings. The Kier molecular flexibility index (Phi) is 6.82. The summed E-state index contributed by atoms with van der Waals surface area (Å²) < 4.78 is 5.71. The molecule has 0 radical (unpaired) electrons. The first kappa shape index (κ1) is 15.8. The van der Waals surface area contributed by atoms with Gasteiger partial charge < -0.3 is 0 Å². The first-order valence-corrected chi connectivity index (χ1v) is 9.92. The van der Waals surface area contributed by atoms with E-state index in [9.17, 15) is 0 Å². The number of aromatic nitrogens is 1. The Hall–Kier alpha value is -0.591. The minimum atomic E-state index is 0.566. The molecule has 1 aromatic heterocycles. The summed E-state index contributed by atoms with van der Waals surface area (Å²) in [4.78, 5) is 0. The second kappa shape index (κ2) is 8.64. The van der Waals surface area contributed by atoms with Gasteiger partial charge in [0.05, 0.1) is 0 Å². The molecule has 110 valence electrons. The number of rotatable bonds is 9. The van der Waals surface area contributed by atoms with Gasteiger partial charge in [0, 0.05) is 0 Å². The van der Waals surface area contributed by atoms with Gasteiger partial charge in [0.1, 0.15) is 0 Å². The Labute approximate surface area is 129 Å². The van der Waals surface area contributed by atoms with Crippen molar-refractivity contribution < 1.29 is 4.57 Å². The molecule has 1 heterocycles. The summed E-state index contributed by atoms with van der Waals surface area (Å²) in [6.07, 6.45) is 11.2. The van der Waals surface area contributed by atoms with Gasteiger partial charge in [-0.2, -0.15) is 0 Å². The van der Waals surface area contributed by atoms with Crippen LogP contribution in [0.15, 0.2) is 24.3 Å². The van der Waals surface area contributed by atoms with E-state index >= 15 is 0 Å². The third kappa shape index (κ3) is 4.46. The molecule has 0 aliphatic carbocycles. The van der Waals surface area contributed by atoms with E-state index in [1.54, 1.807) is 8.83 Å². The molecule has 1 nitrogen and oxygen atoms in total. The summed E-state index contributed by atoms with van der Waals surface area (Å²) in [6.45, 7) is 5.82. The third-order valence-electron chi connectivity index (χ3n) is 4.03. The summed E-state index contributed by atoms with van der Waals surface area (Å²) in [7, 11) is 0. The van der Waals surface area contributed by atoms with Crippen LogP contribution in [0.4, 0.5) is 0 Å².